The molecule has 2 nitrogen and oxygen atoms in total. The van der Waals surface area contributed by atoms with Crippen molar-refractivity contribution in [2.45, 2.75) is 45.1 Å². The minimum atomic E-state index is -0.248. The molecule has 1 rings (SSSR count). The van der Waals surface area contributed by atoms with Crippen LogP contribution in [0.15, 0.2) is 24.3 Å². The molecule has 0 aliphatic carbocycles. The Hall–Kier alpha value is -0.860. The second-order valence-electron chi connectivity index (χ2n) is 5.70. The van der Waals surface area contributed by atoms with E-state index >= 15 is 0 Å². The van der Waals surface area contributed by atoms with Gasteiger partial charge in [0.15, 0.2) is 0 Å². The average molecular weight is 235 g/mol. The van der Waals surface area contributed by atoms with E-state index < -0.39 is 0 Å². The molecule has 2 N–H and O–H groups in total. The van der Waals surface area contributed by atoms with Gasteiger partial charge in [0.1, 0.15) is 0 Å². The number of rotatable bonds is 5. The van der Waals surface area contributed by atoms with E-state index in [-0.39, 0.29) is 11.5 Å². The third-order valence-electron chi connectivity index (χ3n) is 3.03. The van der Waals surface area contributed by atoms with Gasteiger partial charge in [-0.15, -0.1) is 0 Å². The summed E-state index contributed by atoms with van der Waals surface area (Å²) in [4.78, 5) is 0. The van der Waals surface area contributed by atoms with Gasteiger partial charge in [-0.1, -0.05) is 45.0 Å². The number of benzene rings is 1. The number of aryl methyl sites for hydroxylation is 1. The van der Waals surface area contributed by atoms with Crippen molar-refractivity contribution in [3.63, 3.8) is 0 Å². The smallest absolute Gasteiger partial charge is 0.0667 e. The summed E-state index contributed by atoms with van der Waals surface area (Å²) in [5.41, 5.74) is 2.87. The van der Waals surface area contributed by atoms with E-state index in [4.69, 9.17) is 0 Å². The average Bonchev–Trinajstić information content (AvgIpc) is 2.26. The molecule has 1 aromatic carbocycles. The van der Waals surface area contributed by atoms with Crippen molar-refractivity contribution in [3.05, 3.63) is 35.4 Å². The molecule has 1 atom stereocenters. The van der Waals surface area contributed by atoms with Crippen molar-refractivity contribution < 1.29 is 5.11 Å². The van der Waals surface area contributed by atoms with E-state index in [1.54, 1.807) is 0 Å². The summed E-state index contributed by atoms with van der Waals surface area (Å²) < 4.78 is 0. The topological polar surface area (TPSA) is 32.3 Å². The second-order valence-corrected chi connectivity index (χ2v) is 5.70. The highest BCUT2D eigenvalue weighted by molar-refractivity contribution is 5.27. The van der Waals surface area contributed by atoms with E-state index in [1.807, 2.05) is 7.05 Å². The van der Waals surface area contributed by atoms with Gasteiger partial charge in [-0.3, -0.25) is 0 Å². The lowest BCUT2D eigenvalue weighted by atomic mass is 9.86. The lowest BCUT2D eigenvalue weighted by Gasteiger charge is -2.19. The Morgan fingerprint density at radius 3 is 2.24 bits per heavy atom. The summed E-state index contributed by atoms with van der Waals surface area (Å²) in [7, 11) is 1.86. The maximum Gasteiger partial charge on any atom is 0.0667 e. The standard InChI is InChI=1S/C15H25NO/c1-15(2,3)13-8-5-12(6-9-13)7-10-14(17)11-16-4/h5-6,8-9,14,16-17H,7,10-11H2,1-4H3. The van der Waals surface area contributed by atoms with Gasteiger partial charge in [-0.25, -0.2) is 0 Å². The molecule has 0 heterocycles. The van der Waals surface area contributed by atoms with Gasteiger partial charge in [-0.05, 0) is 36.4 Å². The Kier molecular flexibility index (Phi) is 5.16. The molecule has 0 radical (unpaired) electrons. The van der Waals surface area contributed by atoms with Crippen LogP contribution < -0.4 is 5.32 Å². The lowest BCUT2D eigenvalue weighted by Crippen LogP contribution is -2.23. The van der Waals surface area contributed by atoms with Crippen LogP contribution in [0.2, 0.25) is 0 Å². The largest absolute Gasteiger partial charge is 0.392 e. The summed E-state index contributed by atoms with van der Waals surface area (Å²) in [6, 6.07) is 8.74. The molecule has 0 bridgehead atoms. The SMILES string of the molecule is CNCC(O)CCc1ccc(C(C)(C)C)cc1. The first-order valence-electron chi connectivity index (χ1n) is 6.35. The van der Waals surface area contributed by atoms with Crippen molar-refractivity contribution in [1.29, 1.82) is 0 Å². The van der Waals surface area contributed by atoms with Crippen LogP contribution in [0, 0.1) is 0 Å². The van der Waals surface area contributed by atoms with Crippen molar-refractivity contribution in [2.75, 3.05) is 13.6 Å². The van der Waals surface area contributed by atoms with Crippen molar-refractivity contribution in [1.82, 2.24) is 5.32 Å². The zero-order valence-electron chi connectivity index (χ0n) is 11.5. The number of likely N-dealkylation sites (N-methyl/N-ethyl adjacent to an activating group) is 1. The molecule has 1 aromatic rings. The Labute approximate surface area is 105 Å². The van der Waals surface area contributed by atoms with Crippen molar-refractivity contribution in [3.8, 4) is 0 Å². The molecule has 0 aliphatic rings. The molecule has 1 unspecified atom stereocenters. The first-order valence-corrected chi connectivity index (χ1v) is 6.35. The van der Waals surface area contributed by atoms with Gasteiger partial charge in [-0.2, -0.15) is 0 Å². The first-order chi connectivity index (χ1) is 7.93. The van der Waals surface area contributed by atoms with Crippen LogP contribution in [0.1, 0.15) is 38.3 Å². The normalized spacial score (nSPS) is 13.7. The minimum Gasteiger partial charge on any atom is -0.392 e. The predicted molar refractivity (Wildman–Crippen MR) is 73.4 cm³/mol. The Morgan fingerprint density at radius 1 is 1.18 bits per heavy atom. The molecule has 2 heteroatoms. The van der Waals surface area contributed by atoms with Crippen LogP contribution in [-0.4, -0.2) is 24.8 Å². The third-order valence-corrected chi connectivity index (χ3v) is 3.03. The van der Waals surface area contributed by atoms with E-state index in [9.17, 15) is 5.11 Å². The summed E-state index contributed by atoms with van der Waals surface area (Å²) in [5.74, 6) is 0. The van der Waals surface area contributed by atoms with Crippen LogP contribution >= 0.6 is 0 Å². The predicted octanol–water partition coefficient (Wildman–Crippen LogP) is 2.50. The molecule has 0 aliphatic heterocycles. The van der Waals surface area contributed by atoms with E-state index in [0.29, 0.717) is 6.54 Å². The fraction of sp³-hybridized carbons (Fsp3) is 0.600. The van der Waals surface area contributed by atoms with Crippen LogP contribution in [0.4, 0.5) is 0 Å². The van der Waals surface area contributed by atoms with Gasteiger partial charge in [0.25, 0.3) is 0 Å². The summed E-state index contributed by atoms with van der Waals surface area (Å²) >= 11 is 0. The summed E-state index contributed by atoms with van der Waals surface area (Å²) in [6.45, 7) is 7.33. The van der Waals surface area contributed by atoms with Crippen molar-refractivity contribution >= 4 is 0 Å². The van der Waals surface area contributed by atoms with Crippen LogP contribution in [0.25, 0.3) is 0 Å². The van der Waals surface area contributed by atoms with Gasteiger partial charge < -0.3 is 10.4 Å². The Morgan fingerprint density at radius 2 is 1.76 bits per heavy atom. The molecule has 0 spiro atoms. The van der Waals surface area contributed by atoms with Gasteiger partial charge in [0.2, 0.25) is 0 Å². The molecule has 0 fully saturated rings. The first kappa shape index (κ1) is 14.2. The molecule has 0 amide bonds. The van der Waals surface area contributed by atoms with Gasteiger partial charge in [0, 0.05) is 6.54 Å². The molecule has 0 saturated heterocycles. The monoisotopic (exact) mass is 235 g/mol. The summed E-state index contributed by atoms with van der Waals surface area (Å²) in [6.07, 6.45) is 1.51. The molecular weight excluding hydrogens is 210 g/mol. The van der Waals surface area contributed by atoms with Crippen LogP contribution in [0.5, 0.6) is 0 Å². The van der Waals surface area contributed by atoms with Crippen molar-refractivity contribution in [2.24, 2.45) is 0 Å². The number of nitrogens with one attached hydrogen (secondary N) is 1. The quantitative estimate of drug-likeness (QED) is 0.822. The highest BCUT2D eigenvalue weighted by Gasteiger charge is 2.12. The van der Waals surface area contributed by atoms with E-state index in [2.05, 4.69) is 50.4 Å². The number of aliphatic hydroxyl groups is 1. The Balaban J connectivity index is 2.51. The molecule has 17 heavy (non-hydrogen) atoms. The second kappa shape index (κ2) is 6.18. The fourth-order valence-electron chi connectivity index (χ4n) is 1.84. The molecule has 96 valence electrons. The number of aliphatic hydroxyl groups excluding tert-OH is 1. The third kappa shape index (κ3) is 4.88. The van der Waals surface area contributed by atoms with Crippen LogP contribution in [0.3, 0.4) is 0 Å². The van der Waals surface area contributed by atoms with Crippen LogP contribution in [-0.2, 0) is 11.8 Å². The fourth-order valence-corrected chi connectivity index (χ4v) is 1.84. The molecule has 0 aromatic heterocycles. The molecule has 0 saturated carbocycles. The number of hydrogen-bond acceptors (Lipinski definition) is 2. The molecular formula is C15H25NO. The highest BCUT2D eigenvalue weighted by atomic mass is 16.3. The highest BCUT2D eigenvalue weighted by Crippen LogP contribution is 2.22. The van der Waals surface area contributed by atoms with E-state index in [0.717, 1.165) is 12.8 Å². The van der Waals surface area contributed by atoms with E-state index in [1.165, 1.54) is 11.1 Å². The van der Waals surface area contributed by atoms with Gasteiger partial charge >= 0.3 is 0 Å². The zero-order chi connectivity index (χ0) is 12.9. The minimum absolute atomic E-state index is 0.212. The lowest BCUT2D eigenvalue weighted by molar-refractivity contribution is 0.165. The number of hydrogen-bond donors (Lipinski definition) is 2. The zero-order valence-corrected chi connectivity index (χ0v) is 11.5. The maximum absolute atomic E-state index is 9.63. The summed E-state index contributed by atoms with van der Waals surface area (Å²) in [5, 5.41) is 12.6. The maximum atomic E-state index is 9.63. The van der Waals surface area contributed by atoms with Gasteiger partial charge in [0.05, 0.1) is 6.10 Å². The Bertz CT molecular complexity index is 324.